The fourth-order valence-electron chi connectivity index (χ4n) is 8.32. The highest BCUT2D eigenvalue weighted by molar-refractivity contribution is 6.31. The smallest absolute Gasteiger partial charge is 0.0754 e. The second-order valence-electron chi connectivity index (χ2n) is 12.2. The molecule has 7 aromatic carbocycles. The molecule has 1 aliphatic carbocycles. The first-order chi connectivity index (χ1) is 22.7. The van der Waals surface area contributed by atoms with Crippen LogP contribution in [-0.2, 0) is 5.41 Å². The molecule has 0 saturated heterocycles. The molecule has 0 fully saturated rings. The molecule has 1 spiro atoms. The number of halogens is 1. The third-order valence-corrected chi connectivity index (χ3v) is 10.3. The third-order valence-electron chi connectivity index (χ3n) is 10.0. The van der Waals surface area contributed by atoms with Gasteiger partial charge in [-0.1, -0.05) is 121 Å². The Labute approximate surface area is 272 Å². The molecule has 46 heavy (non-hydrogen) atoms. The van der Waals surface area contributed by atoms with E-state index < -0.39 is 5.41 Å². The molecular weight excluding hydrogens is 580 g/mol. The van der Waals surface area contributed by atoms with Crippen molar-refractivity contribution in [1.29, 1.82) is 0 Å². The summed E-state index contributed by atoms with van der Waals surface area (Å²) in [6, 6.07) is 59.5. The lowest BCUT2D eigenvalue weighted by Gasteiger charge is -2.45. The molecule has 0 radical (unpaired) electrons. The minimum atomic E-state index is -0.465. The minimum Gasteiger partial charge on any atom is -0.310 e. The van der Waals surface area contributed by atoms with E-state index in [4.69, 9.17) is 11.6 Å². The lowest BCUT2D eigenvalue weighted by Crippen LogP contribution is -2.36. The Morgan fingerprint density at radius 1 is 0.413 bits per heavy atom. The maximum atomic E-state index is 6.60. The molecule has 0 N–H and O–H groups in total. The van der Waals surface area contributed by atoms with Crippen LogP contribution in [0.25, 0.3) is 38.6 Å². The van der Waals surface area contributed by atoms with Crippen LogP contribution in [0, 0.1) is 0 Å². The fraction of sp³-hybridized carbons (Fsp3) is 0.0233. The second-order valence-corrected chi connectivity index (χ2v) is 12.7. The van der Waals surface area contributed by atoms with Gasteiger partial charge in [-0.05, 0) is 88.0 Å². The highest BCUT2D eigenvalue weighted by atomic mass is 35.5. The van der Waals surface area contributed by atoms with Gasteiger partial charge in [-0.3, -0.25) is 0 Å². The minimum absolute atomic E-state index is 0.465. The topological polar surface area (TPSA) is 8.17 Å². The maximum Gasteiger partial charge on any atom is 0.0754 e. The van der Waals surface area contributed by atoms with Crippen LogP contribution in [0.4, 0.5) is 17.1 Å². The number of hydrogen-bond donors (Lipinski definition) is 0. The number of rotatable bonds is 2. The zero-order valence-electron chi connectivity index (χ0n) is 24.9. The van der Waals surface area contributed by atoms with Gasteiger partial charge >= 0.3 is 0 Å². The molecule has 216 valence electrons. The molecule has 2 aliphatic rings. The SMILES string of the molecule is Clc1ccc2c3ccccc3n(-c3ccc4c(c3)-c3ccccc3C43c4ccccc4N(c4ccccc4)c4ccccc43)c2c1. The van der Waals surface area contributed by atoms with Crippen molar-refractivity contribution in [1.82, 2.24) is 4.57 Å². The summed E-state index contributed by atoms with van der Waals surface area (Å²) in [6.07, 6.45) is 0. The molecule has 0 amide bonds. The van der Waals surface area contributed by atoms with Crippen molar-refractivity contribution < 1.29 is 0 Å². The van der Waals surface area contributed by atoms with E-state index in [1.807, 2.05) is 6.07 Å². The van der Waals surface area contributed by atoms with Crippen LogP contribution >= 0.6 is 11.6 Å². The Balaban J connectivity index is 1.30. The van der Waals surface area contributed by atoms with Crippen molar-refractivity contribution in [3.63, 3.8) is 0 Å². The Morgan fingerprint density at radius 2 is 1.02 bits per heavy atom. The maximum absolute atomic E-state index is 6.60. The first-order valence-corrected chi connectivity index (χ1v) is 16.1. The summed E-state index contributed by atoms with van der Waals surface area (Å²) < 4.78 is 2.37. The van der Waals surface area contributed by atoms with Gasteiger partial charge in [0.25, 0.3) is 0 Å². The van der Waals surface area contributed by atoms with Gasteiger partial charge in [-0.2, -0.15) is 0 Å². The highest BCUT2D eigenvalue weighted by Crippen LogP contribution is 2.63. The average Bonchev–Trinajstić information content (AvgIpc) is 3.59. The molecule has 1 aromatic heterocycles. The number of benzene rings is 7. The molecule has 8 aromatic rings. The van der Waals surface area contributed by atoms with Crippen LogP contribution in [0.15, 0.2) is 164 Å². The summed E-state index contributed by atoms with van der Waals surface area (Å²) in [5.74, 6) is 0. The van der Waals surface area contributed by atoms with Gasteiger partial charge in [0.1, 0.15) is 0 Å². The third kappa shape index (κ3) is 3.26. The summed E-state index contributed by atoms with van der Waals surface area (Å²) in [5.41, 5.74) is 14.3. The van der Waals surface area contributed by atoms with Crippen LogP contribution in [-0.4, -0.2) is 4.57 Å². The second kappa shape index (κ2) is 9.47. The largest absolute Gasteiger partial charge is 0.310 e. The van der Waals surface area contributed by atoms with E-state index in [2.05, 4.69) is 167 Å². The van der Waals surface area contributed by atoms with Crippen molar-refractivity contribution in [3.05, 3.63) is 191 Å². The van der Waals surface area contributed by atoms with Crippen molar-refractivity contribution in [3.8, 4) is 16.8 Å². The molecule has 2 nitrogen and oxygen atoms in total. The van der Waals surface area contributed by atoms with Gasteiger partial charge in [0, 0.05) is 27.2 Å². The molecule has 3 heteroatoms. The van der Waals surface area contributed by atoms with Crippen molar-refractivity contribution >= 4 is 50.5 Å². The Hall–Kier alpha value is -5.57. The number of anilines is 3. The molecule has 2 heterocycles. The van der Waals surface area contributed by atoms with Crippen LogP contribution in [0.5, 0.6) is 0 Å². The molecular formula is C43H27ClN2. The molecule has 0 saturated carbocycles. The van der Waals surface area contributed by atoms with Crippen LogP contribution in [0.3, 0.4) is 0 Å². The number of fused-ring (bicyclic) bond motifs is 12. The number of hydrogen-bond acceptors (Lipinski definition) is 1. The molecule has 1 aliphatic heterocycles. The number of aromatic nitrogens is 1. The molecule has 0 atom stereocenters. The highest BCUT2D eigenvalue weighted by Gasteiger charge is 2.51. The summed E-state index contributed by atoms with van der Waals surface area (Å²) in [5, 5.41) is 3.16. The van der Waals surface area contributed by atoms with E-state index in [9.17, 15) is 0 Å². The quantitative estimate of drug-likeness (QED) is 0.190. The summed E-state index contributed by atoms with van der Waals surface area (Å²) in [6.45, 7) is 0. The summed E-state index contributed by atoms with van der Waals surface area (Å²) >= 11 is 6.60. The predicted octanol–water partition coefficient (Wildman–Crippen LogP) is 11.6. The number of para-hydroxylation sites is 4. The zero-order chi connectivity index (χ0) is 30.4. The van der Waals surface area contributed by atoms with Gasteiger partial charge in [0.05, 0.1) is 27.8 Å². The Bertz CT molecular complexity index is 2460. The van der Waals surface area contributed by atoms with Crippen LogP contribution in [0.1, 0.15) is 22.3 Å². The molecule has 10 rings (SSSR count). The van der Waals surface area contributed by atoms with E-state index in [1.54, 1.807) is 0 Å². The van der Waals surface area contributed by atoms with E-state index >= 15 is 0 Å². The summed E-state index contributed by atoms with van der Waals surface area (Å²) in [4.78, 5) is 2.42. The normalized spacial score (nSPS) is 13.9. The van der Waals surface area contributed by atoms with Gasteiger partial charge in [0.15, 0.2) is 0 Å². The predicted molar refractivity (Wildman–Crippen MR) is 191 cm³/mol. The lowest BCUT2D eigenvalue weighted by molar-refractivity contribution is 0.752. The van der Waals surface area contributed by atoms with E-state index in [-0.39, 0.29) is 0 Å². The zero-order valence-corrected chi connectivity index (χ0v) is 25.6. The van der Waals surface area contributed by atoms with Gasteiger partial charge in [-0.25, -0.2) is 0 Å². The van der Waals surface area contributed by atoms with E-state index in [1.165, 1.54) is 61.0 Å². The van der Waals surface area contributed by atoms with Crippen LogP contribution < -0.4 is 4.90 Å². The monoisotopic (exact) mass is 606 g/mol. The Kier molecular flexibility index (Phi) is 5.29. The van der Waals surface area contributed by atoms with Gasteiger partial charge < -0.3 is 9.47 Å². The fourth-order valence-corrected chi connectivity index (χ4v) is 8.48. The van der Waals surface area contributed by atoms with E-state index in [0.717, 1.165) is 21.9 Å². The van der Waals surface area contributed by atoms with Gasteiger partial charge in [0.2, 0.25) is 0 Å². The first-order valence-electron chi connectivity index (χ1n) is 15.7. The standard InChI is InChI=1S/C43H27ClN2/c44-28-22-24-33-32-15-5-9-19-39(32)46(42(33)26-28)30-23-25-36-34(27-30)31-14-4-6-16-35(31)43(36)37-17-7-10-20-40(37)45(29-12-2-1-3-13-29)41-21-11-8-18-38(41)43/h1-27H. The van der Waals surface area contributed by atoms with Crippen molar-refractivity contribution in [2.24, 2.45) is 0 Å². The molecule has 0 bridgehead atoms. The summed E-state index contributed by atoms with van der Waals surface area (Å²) in [7, 11) is 0. The number of nitrogens with zero attached hydrogens (tertiary/aromatic N) is 2. The van der Waals surface area contributed by atoms with Crippen LogP contribution in [0.2, 0.25) is 5.02 Å². The van der Waals surface area contributed by atoms with Crippen molar-refractivity contribution in [2.75, 3.05) is 4.90 Å². The molecule has 0 unspecified atom stereocenters. The van der Waals surface area contributed by atoms with Crippen molar-refractivity contribution in [2.45, 2.75) is 5.41 Å². The van der Waals surface area contributed by atoms with E-state index in [0.29, 0.717) is 0 Å². The van der Waals surface area contributed by atoms with Gasteiger partial charge in [-0.15, -0.1) is 0 Å². The Morgan fingerprint density at radius 3 is 1.80 bits per heavy atom. The first kappa shape index (κ1) is 25.7. The lowest BCUT2D eigenvalue weighted by atomic mass is 9.64. The average molecular weight is 607 g/mol.